The Morgan fingerprint density at radius 2 is 1.60 bits per heavy atom. The Morgan fingerprint density at radius 3 is 2.26 bits per heavy atom. The molecule has 2 aromatic rings. The van der Waals surface area contributed by atoms with Crippen LogP contribution < -0.4 is 5.32 Å². The fourth-order valence-electron chi connectivity index (χ4n) is 7.36. The number of likely N-dealkylation sites (tertiary alicyclic amines) is 1. The Labute approximate surface area is 203 Å². The molecule has 7 heteroatoms. The molecule has 35 heavy (non-hydrogen) atoms. The Morgan fingerprint density at radius 1 is 0.943 bits per heavy atom. The summed E-state index contributed by atoms with van der Waals surface area (Å²) < 4.78 is 5.69. The number of nitrogens with one attached hydrogen (secondary N) is 1. The van der Waals surface area contributed by atoms with Gasteiger partial charge in [-0.1, -0.05) is 48.5 Å². The van der Waals surface area contributed by atoms with E-state index in [-0.39, 0.29) is 36.3 Å². The summed E-state index contributed by atoms with van der Waals surface area (Å²) in [5.41, 5.74) is 3.62. The quantitative estimate of drug-likeness (QED) is 0.693. The maximum atomic E-state index is 13.3. The van der Waals surface area contributed by atoms with Crippen LogP contribution in [0.3, 0.4) is 0 Å². The van der Waals surface area contributed by atoms with Crippen LogP contribution in [0.15, 0.2) is 48.5 Å². The summed E-state index contributed by atoms with van der Waals surface area (Å²) in [5, 5.41) is 12.5. The molecule has 7 nitrogen and oxygen atoms in total. The van der Waals surface area contributed by atoms with E-state index >= 15 is 0 Å². The molecule has 0 radical (unpaired) electrons. The van der Waals surface area contributed by atoms with E-state index in [1.165, 1.54) is 22.3 Å². The summed E-state index contributed by atoms with van der Waals surface area (Å²) in [6.45, 7) is 1.17. The van der Waals surface area contributed by atoms with Crippen molar-refractivity contribution in [3.05, 3.63) is 59.7 Å². The maximum Gasteiger partial charge on any atom is 0.407 e. The summed E-state index contributed by atoms with van der Waals surface area (Å²) in [5.74, 6) is -0.294. The average molecular weight is 473 g/mol. The van der Waals surface area contributed by atoms with Gasteiger partial charge in [-0.05, 0) is 59.8 Å². The second-order valence-electron chi connectivity index (χ2n) is 11.2. The molecule has 0 aromatic heterocycles. The second-order valence-corrected chi connectivity index (χ2v) is 11.2. The van der Waals surface area contributed by atoms with Crippen LogP contribution in [0.2, 0.25) is 0 Å². The van der Waals surface area contributed by atoms with E-state index in [0.717, 1.165) is 12.8 Å². The summed E-state index contributed by atoms with van der Waals surface area (Å²) >= 11 is 0. The van der Waals surface area contributed by atoms with Gasteiger partial charge in [0.1, 0.15) is 6.61 Å². The first-order valence-electron chi connectivity index (χ1n) is 12.6. The number of carbonyl (C=O) groups excluding carboxylic acids is 2. The lowest BCUT2D eigenvalue weighted by atomic mass is 9.98. The van der Waals surface area contributed by atoms with Gasteiger partial charge in [-0.25, -0.2) is 4.79 Å². The zero-order valence-corrected chi connectivity index (χ0v) is 19.4. The van der Waals surface area contributed by atoms with Crippen LogP contribution in [-0.4, -0.2) is 53.7 Å². The van der Waals surface area contributed by atoms with Crippen molar-refractivity contribution >= 4 is 18.0 Å². The van der Waals surface area contributed by atoms with Crippen molar-refractivity contribution in [1.29, 1.82) is 0 Å². The topological polar surface area (TPSA) is 95.9 Å². The van der Waals surface area contributed by atoms with E-state index in [1.807, 2.05) is 24.3 Å². The van der Waals surface area contributed by atoms with E-state index in [9.17, 15) is 19.5 Å². The molecule has 180 valence electrons. The fourth-order valence-corrected chi connectivity index (χ4v) is 7.36. The average Bonchev–Trinajstić information content (AvgIpc) is 3.58. The highest BCUT2D eigenvalue weighted by Gasteiger charge is 2.71. The normalized spacial score (nSPS) is 33.4. The van der Waals surface area contributed by atoms with Crippen molar-refractivity contribution in [1.82, 2.24) is 10.2 Å². The number of piperidine rings is 1. The number of nitrogens with zero attached hydrogens (tertiary/aromatic N) is 1. The third-order valence-corrected chi connectivity index (χ3v) is 9.36. The van der Waals surface area contributed by atoms with Gasteiger partial charge in [0.2, 0.25) is 5.91 Å². The van der Waals surface area contributed by atoms with E-state index in [4.69, 9.17) is 4.74 Å². The lowest BCUT2D eigenvalue weighted by molar-refractivity contribution is -0.144. The standard InChI is InChI=1S/C28H28N2O5/c31-24(30-13-17-11-28(17,15-30)25(32)33)27-10-16(27)9-18(12-27)29-26(34)35-14-23-21-7-3-1-5-19(21)20-6-2-4-8-22(20)23/h1-8,16-18,23H,9-15H2,(H,29,34)(H,32,33)/t16-,17?,18+,27+,28?/m0/s1. The molecule has 1 heterocycles. The van der Waals surface area contributed by atoms with Gasteiger partial charge in [0.05, 0.1) is 10.8 Å². The van der Waals surface area contributed by atoms with Crippen molar-refractivity contribution in [2.24, 2.45) is 22.7 Å². The third kappa shape index (κ3) is 3.00. The number of benzene rings is 2. The summed E-state index contributed by atoms with van der Waals surface area (Å²) in [7, 11) is 0. The molecule has 0 bridgehead atoms. The van der Waals surface area contributed by atoms with Crippen LogP contribution in [0.25, 0.3) is 11.1 Å². The van der Waals surface area contributed by atoms with Gasteiger partial charge < -0.3 is 20.1 Å². The van der Waals surface area contributed by atoms with E-state index in [1.54, 1.807) is 4.90 Å². The minimum absolute atomic E-state index is 0.0150. The summed E-state index contributed by atoms with van der Waals surface area (Å²) in [6, 6.07) is 16.4. The van der Waals surface area contributed by atoms with Crippen LogP contribution in [0.4, 0.5) is 4.79 Å². The van der Waals surface area contributed by atoms with E-state index in [0.29, 0.717) is 25.9 Å². The van der Waals surface area contributed by atoms with Crippen molar-refractivity contribution in [3.8, 4) is 11.1 Å². The number of ether oxygens (including phenoxy) is 1. The van der Waals surface area contributed by atoms with Crippen LogP contribution >= 0.6 is 0 Å². The number of alkyl carbamates (subject to hydrolysis) is 1. The number of hydrogen-bond donors (Lipinski definition) is 2. The molecular formula is C28H28N2O5. The number of carboxylic acid groups (broad SMARTS) is 1. The highest BCUT2D eigenvalue weighted by Crippen LogP contribution is 2.66. The van der Waals surface area contributed by atoms with Gasteiger partial charge >= 0.3 is 12.1 Å². The molecule has 4 fully saturated rings. The smallest absolute Gasteiger partial charge is 0.407 e. The molecule has 5 atom stereocenters. The molecule has 2 aromatic carbocycles. The van der Waals surface area contributed by atoms with Crippen LogP contribution in [-0.2, 0) is 14.3 Å². The Kier molecular flexibility index (Phi) is 4.25. The fraction of sp³-hybridized carbons (Fsp3) is 0.464. The number of rotatable bonds is 5. The predicted molar refractivity (Wildman–Crippen MR) is 127 cm³/mol. The Balaban J connectivity index is 0.968. The van der Waals surface area contributed by atoms with Crippen LogP contribution in [0.1, 0.15) is 42.7 Å². The summed E-state index contributed by atoms with van der Waals surface area (Å²) in [6.07, 6.45) is 2.48. The van der Waals surface area contributed by atoms with Gasteiger partial charge in [-0.2, -0.15) is 0 Å². The molecule has 4 aliphatic carbocycles. The van der Waals surface area contributed by atoms with Gasteiger partial charge in [0.15, 0.2) is 0 Å². The van der Waals surface area contributed by atoms with Gasteiger partial charge in [0, 0.05) is 25.0 Å². The monoisotopic (exact) mass is 472 g/mol. The predicted octanol–water partition coefficient (Wildman–Crippen LogP) is 3.63. The molecule has 2 unspecified atom stereocenters. The van der Waals surface area contributed by atoms with Crippen molar-refractivity contribution in [2.75, 3.05) is 19.7 Å². The SMILES string of the molecule is O=C(N[C@@H]1C[C@H]2C[C@@]2(C(=O)N2CC3CC3(C(=O)O)C2)C1)OCC1c2ccccc2-c2ccccc21. The van der Waals surface area contributed by atoms with E-state index < -0.39 is 22.9 Å². The minimum atomic E-state index is -0.774. The van der Waals surface area contributed by atoms with E-state index in [2.05, 4.69) is 29.6 Å². The lowest BCUT2D eigenvalue weighted by Gasteiger charge is -2.25. The first kappa shape index (κ1) is 21.0. The largest absolute Gasteiger partial charge is 0.481 e. The highest BCUT2D eigenvalue weighted by atomic mass is 16.5. The minimum Gasteiger partial charge on any atom is -0.481 e. The van der Waals surface area contributed by atoms with Gasteiger partial charge in [0.25, 0.3) is 0 Å². The number of amides is 2. The van der Waals surface area contributed by atoms with Crippen molar-refractivity contribution < 1.29 is 24.2 Å². The zero-order valence-electron chi connectivity index (χ0n) is 19.4. The molecule has 7 rings (SSSR count). The van der Waals surface area contributed by atoms with Crippen molar-refractivity contribution in [2.45, 2.75) is 37.6 Å². The van der Waals surface area contributed by atoms with Gasteiger partial charge in [-0.3, -0.25) is 9.59 Å². The van der Waals surface area contributed by atoms with Gasteiger partial charge in [-0.15, -0.1) is 0 Å². The first-order valence-corrected chi connectivity index (χ1v) is 12.6. The molecule has 1 saturated heterocycles. The molecule has 0 spiro atoms. The van der Waals surface area contributed by atoms with Crippen molar-refractivity contribution in [3.63, 3.8) is 0 Å². The molecule has 1 aliphatic heterocycles. The highest BCUT2D eigenvalue weighted by molar-refractivity contribution is 5.89. The number of fused-ring (bicyclic) bond motifs is 5. The maximum absolute atomic E-state index is 13.3. The van der Waals surface area contributed by atoms with Crippen LogP contribution in [0.5, 0.6) is 0 Å². The summed E-state index contributed by atoms with van der Waals surface area (Å²) in [4.78, 5) is 39.4. The molecule has 5 aliphatic rings. The first-order chi connectivity index (χ1) is 16.9. The van der Waals surface area contributed by atoms with Crippen LogP contribution in [0, 0.1) is 22.7 Å². The second kappa shape index (κ2) is 7.09. The third-order valence-electron chi connectivity index (χ3n) is 9.36. The lowest BCUT2D eigenvalue weighted by Crippen LogP contribution is -2.41. The number of aliphatic carboxylic acids is 1. The molecule has 2 amide bonds. The number of carbonyl (C=O) groups is 3. The Bertz CT molecular complexity index is 1230. The Hall–Kier alpha value is -3.35. The number of hydrogen-bond acceptors (Lipinski definition) is 4. The molecular weight excluding hydrogens is 444 g/mol. The molecule has 2 N–H and O–H groups in total. The number of carboxylic acids is 1. The molecule has 3 saturated carbocycles. The zero-order chi connectivity index (χ0) is 23.9.